The summed E-state index contributed by atoms with van der Waals surface area (Å²) in [5.41, 5.74) is 2.12. The fourth-order valence-corrected chi connectivity index (χ4v) is 4.57. The molecule has 2 amide bonds. The van der Waals surface area contributed by atoms with Crippen LogP contribution in [0, 0.1) is 0 Å². The van der Waals surface area contributed by atoms with Crippen LogP contribution in [0.3, 0.4) is 0 Å². The van der Waals surface area contributed by atoms with Crippen LogP contribution in [0.1, 0.15) is 38.8 Å². The summed E-state index contributed by atoms with van der Waals surface area (Å²) in [6.45, 7) is 7.05. The van der Waals surface area contributed by atoms with Gasteiger partial charge in [0.2, 0.25) is 21.8 Å². The highest BCUT2D eigenvalue weighted by atomic mass is 79.9. The summed E-state index contributed by atoms with van der Waals surface area (Å²) in [7, 11) is -3.74. The van der Waals surface area contributed by atoms with E-state index in [9.17, 15) is 18.0 Å². The predicted octanol–water partition coefficient (Wildman–Crippen LogP) is 3.72. The molecule has 0 bridgehead atoms. The number of halogens is 1. The molecule has 0 aliphatic carbocycles. The maximum absolute atomic E-state index is 13.5. The topological polar surface area (TPSA) is 86.8 Å². The lowest BCUT2D eigenvalue weighted by Gasteiger charge is -2.32. The lowest BCUT2D eigenvalue weighted by atomic mass is 10.1. The molecule has 9 heteroatoms. The number of amides is 2. The van der Waals surface area contributed by atoms with Crippen LogP contribution in [0.15, 0.2) is 53.0 Å². The molecule has 0 spiro atoms. The minimum atomic E-state index is -3.74. The summed E-state index contributed by atoms with van der Waals surface area (Å²) >= 11 is 3.40. The molecule has 180 valence electrons. The van der Waals surface area contributed by atoms with Gasteiger partial charge < -0.3 is 10.2 Å². The van der Waals surface area contributed by atoms with Gasteiger partial charge in [0.25, 0.3) is 0 Å². The summed E-state index contributed by atoms with van der Waals surface area (Å²) < 4.78 is 27.4. The van der Waals surface area contributed by atoms with E-state index in [0.717, 1.165) is 26.2 Å². The molecular formula is C24H32BrN3O4S. The number of hydrogen-bond donors (Lipinski definition) is 1. The zero-order valence-corrected chi connectivity index (χ0v) is 22.1. The monoisotopic (exact) mass is 537 g/mol. The minimum absolute atomic E-state index is 0.0893. The van der Waals surface area contributed by atoms with Crippen LogP contribution >= 0.6 is 15.9 Å². The average molecular weight is 539 g/mol. The Kier molecular flexibility index (Phi) is 9.48. The second-order valence-electron chi connectivity index (χ2n) is 8.24. The Bertz CT molecular complexity index is 1070. The van der Waals surface area contributed by atoms with E-state index >= 15 is 0 Å². The van der Waals surface area contributed by atoms with Gasteiger partial charge >= 0.3 is 0 Å². The molecule has 0 fully saturated rings. The zero-order valence-electron chi connectivity index (χ0n) is 19.7. The fraction of sp³-hybridized carbons (Fsp3) is 0.417. The Labute approximate surface area is 205 Å². The summed E-state index contributed by atoms with van der Waals surface area (Å²) in [4.78, 5) is 27.7. The fourth-order valence-electron chi connectivity index (χ4n) is 3.42. The number of carbonyl (C=O) groups is 2. The number of para-hydroxylation sites is 1. The summed E-state index contributed by atoms with van der Waals surface area (Å²) in [6.07, 6.45) is 1.70. The van der Waals surface area contributed by atoms with Crippen molar-refractivity contribution in [2.75, 3.05) is 17.1 Å². The normalized spacial score (nSPS) is 12.3. The first-order valence-electron chi connectivity index (χ1n) is 10.8. The molecule has 0 aromatic heterocycles. The van der Waals surface area contributed by atoms with Gasteiger partial charge in [0, 0.05) is 17.1 Å². The SMILES string of the molecule is CCc1ccccc1N(CC(=O)N(Cc1ccc(Br)cc1)C(C)C(=O)NC(C)C)S(C)(=O)=O. The molecule has 0 saturated heterocycles. The minimum Gasteiger partial charge on any atom is -0.352 e. The van der Waals surface area contributed by atoms with Gasteiger partial charge in [-0.2, -0.15) is 0 Å². The van der Waals surface area contributed by atoms with Crippen molar-refractivity contribution in [3.8, 4) is 0 Å². The Morgan fingerprint density at radius 3 is 2.18 bits per heavy atom. The first-order chi connectivity index (χ1) is 15.4. The maximum atomic E-state index is 13.5. The number of aryl methyl sites for hydroxylation is 1. The molecule has 2 rings (SSSR count). The van der Waals surface area contributed by atoms with E-state index in [-0.39, 0.29) is 18.5 Å². The molecule has 1 N–H and O–H groups in total. The second kappa shape index (κ2) is 11.7. The average Bonchev–Trinajstić information content (AvgIpc) is 2.75. The predicted molar refractivity (Wildman–Crippen MR) is 135 cm³/mol. The van der Waals surface area contributed by atoms with E-state index in [1.807, 2.05) is 57.2 Å². The first kappa shape index (κ1) is 26.9. The lowest BCUT2D eigenvalue weighted by molar-refractivity contribution is -0.139. The Hall–Kier alpha value is -2.39. The molecule has 2 aromatic rings. The number of nitrogens with one attached hydrogen (secondary N) is 1. The number of rotatable bonds is 10. The van der Waals surface area contributed by atoms with Crippen molar-refractivity contribution in [2.24, 2.45) is 0 Å². The van der Waals surface area contributed by atoms with Crippen LogP contribution in [0.25, 0.3) is 0 Å². The van der Waals surface area contributed by atoms with Gasteiger partial charge in [0.15, 0.2) is 0 Å². The van der Waals surface area contributed by atoms with Crippen LogP contribution in [-0.4, -0.2) is 50.0 Å². The van der Waals surface area contributed by atoms with Crippen LogP contribution in [-0.2, 0) is 32.6 Å². The Morgan fingerprint density at radius 1 is 1.03 bits per heavy atom. The number of benzene rings is 2. The van der Waals surface area contributed by atoms with E-state index in [2.05, 4.69) is 21.2 Å². The van der Waals surface area contributed by atoms with E-state index in [4.69, 9.17) is 0 Å². The molecule has 2 aromatic carbocycles. The number of sulfonamides is 1. The van der Waals surface area contributed by atoms with E-state index in [1.165, 1.54) is 4.90 Å². The maximum Gasteiger partial charge on any atom is 0.244 e. The van der Waals surface area contributed by atoms with Gasteiger partial charge in [0.05, 0.1) is 11.9 Å². The van der Waals surface area contributed by atoms with Crippen molar-refractivity contribution in [1.82, 2.24) is 10.2 Å². The molecule has 1 atom stereocenters. The van der Waals surface area contributed by atoms with Gasteiger partial charge in [0.1, 0.15) is 12.6 Å². The molecule has 1 unspecified atom stereocenters. The van der Waals surface area contributed by atoms with Gasteiger partial charge in [-0.3, -0.25) is 13.9 Å². The Morgan fingerprint density at radius 2 is 1.64 bits per heavy atom. The van der Waals surface area contributed by atoms with E-state index in [0.29, 0.717) is 12.1 Å². The number of anilines is 1. The molecule has 33 heavy (non-hydrogen) atoms. The van der Waals surface area contributed by atoms with Crippen molar-refractivity contribution in [2.45, 2.75) is 52.7 Å². The summed E-state index contributed by atoms with van der Waals surface area (Å²) in [5, 5.41) is 2.83. The van der Waals surface area contributed by atoms with Gasteiger partial charge in [-0.15, -0.1) is 0 Å². The van der Waals surface area contributed by atoms with Crippen molar-refractivity contribution in [3.63, 3.8) is 0 Å². The van der Waals surface area contributed by atoms with E-state index in [1.54, 1.807) is 19.1 Å². The van der Waals surface area contributed by atoms with Crippen molar-refractivity contribution >= 4 is 43.5 Å². The molecule has 0 aliphatic rings. The van der Waals surface area contributed by atoms with Crippen LogP contribution < -0.4 is 9.62 Å². The highest BCUT2D eigenvalue weighted by molar-refractivity contribution is 9.10. The van der Waals surface area contributed by atoms with Gasteiger partial charge in [-0.25, -0.2) is 8.42 Å². The van der Waals surface area contributed by atoms with Crippen LogP contribution in [0.4, 0.5) is 5.69 Å². The van der Waals surface area contributed by atoms with Crippen molar-refractivity contribution in [3.05, 3.63) is 64.1 Å². The summed E-state index contributed by atoms with van der Waals surface area (Å²) in [6, 6.07) is 13.7. The third-order valence-corrected chi connectivity index (χ3v) is 6.84. The molecule has 0 radical (unpaired) electrons. The third-order valence-electron chi connectivity index (χ3n) is 5.18. The van der Waals surface area contributed by atoms with Crippen molar-refractivity contribution in [1.29, 1.82) is 0 Å². The molecule has 7 nitrogen and oxygen atoms in total. The largest absolute Gasteiger partial charge is 0.352 e. The number of hydrogen-bond acceptors (Lipinski definition) is 4. The smallest absolute Gasteiger partial charge is 0.244 e. The van der Waals surface area contributed by atoms with Gasteiger partial charge in [-0.1, -0.05) is 53.2 Å². The molecule has 0 saturated carbocycles. The second-order valence-corrected chi connectivity index (χ2v) is 11.1. The highest BCUT2D eigenvalue weighted by Gasteiger charge is 2.30. The van der Waals surface area contributed by atoms with Crippen LogP contribution in [0.5, 0.6) is 0 Å². The molecular weight excluding hydrogens is 506 g/mol. The molecule has 0 heterocycles. The zero-order chi connectivity index (χ0) is 24.8. The highest BCUT2D eigenvalue weighted by Crippen LogP contribution is 2.24. The van der Waals surface area contributed by atoms with Gasteiger partial charge in [-0.05, 0) is 56.5 Å². The Balaban J connectivity index is 2.42. The number of carbonyl (C=O) groups excluding carboxylic acids is 2. The van der Waals surface area contributed by atoms with Crippen LogP contribution in [0.2, 0.25) is 0 Å². The van der Waals surface area contributed by atoms with E-state index < -0.39 is 28.5 Å². The molecule has 0 aliphatic heterocycles. The number of nitrogens with zero attached hydrogens (tertiary/aromatic N) is 2. The van der Waals surface area contributed by atoms with Crippen molar-refractivity contribution < 1.29 is 18.0 Å². The standard InChI is InChI=1S/C24H32BrN3O4S/c1-6-20-9-7-8-10-22(20)28(33(5,31)32)16-23(29)27(18(4)24(30)26-17(2)3)15-19-11-13-21(25)14-12-19/h7-14,17-18H,6,15-16H2,1-5H3,(H,26,30). The lowest BCUT2D eigenvalue weighted by Crippen LogP contribution is -2.52. The first-order valence-corrected chi connectivity index (χ1v) is 13.5. The summed E-state index contributed by atoms with van der Waals surface area (Å²) in [5.74, 6) is -0.754. The quantitative estimate of drug-likeness (QED) is 0.500. The third kappa shape index (κ3) is 7.57.